The number of hydrogen-bond acceptors (Lipinski definition) is 4. The van der Waals surface area contributed by atoms with Gasteiger partial charge in [0, 0.05) is 16.3 Å². The maximum Gasteiger partial charge on any atom is 0.133 e. The Hall–Kier alpha value is -1.91. The fraction of sp³-hybridized carbons (Fsp3) is 0.188. The van der Waals surface area contributed by atoms with E-state index in [4.69, 9.17) is 4.74 Å². The van der Waals surface area contributed by atoms with Crippen molar-refractivity contribution in [2.24, 2.45) is 0 Å². The minimum absolute atomic E-state index is 0.414. The van der Waals surface area contributed by atoms with E-state index in [2.05, 4.69) is 4.98 Å². The summed E-state index contributed by atoms with van der Waals surface area (Å²) < 4.78 is 5.94. The lowest BCUT2D eigenvalue weighted by Gasteiger charge is -2.15. The van der Waals surface area contributed by atoms with Crippen molar-refractivity contribution in [3.05, 3.63) is 58.5 Å². The van der Waals surface area contributed by atoms with Crippen LogP contribution in [0.4, 0.5) is 0 Å². The summed E-state index contributed by atoms with van der Waals surface area (Å²) in [5.41, 5.74) is 3.50. The van der Waals surface area contributed by atoms with Crippen LogP contribution in [0.25, 0.3) is 10.8 Å². The van der Waals surface area contributed by atoms with Gasteiger partial charge in [0.2, 0.25) is 0 Å². The van der Waals surface area contributed by atoms with Gasteiger partial charge >= 0.3 is 0 Å². The van der Waals surface area contributed by atoms with Crippen LogP contribution in [-0.2, 0) is 6.61 Å². The number of fused-ring (bicyclic) bond motifs is 1. The van der Waals surface area contributed by atoms with Gasteiger partial charge in [-0.3, -0.25) is 0 Å². The van der Waals surface area contributed by atoms with Gasteiger partial charge in [-0.05, 0) is 12.3 Å². The molecule has 3 nitrogen and oxygen atoms in total. The predicted molar refractivity (Wildman–Crippen MR) is 81.0 cm³/mol. The molecule has 0 saturated heterocycles. The van der Waals surface area contributed by atoms with Crippen molar-refractivity contribution in [1.29, 1.82) is 0 Å². The van der Waals surface area contributed by atoms with Crippen molar-refractivity contribution in [1.82, 2.24) is 4.98 Å². The topological polar surface area (TPSA) is 42.4 Å². The lowest BCUT2D eigenvalue weighted by molar-refractivity contribution is 0.190. The van der Waals surface area contributed by atoms with Crippen molar-refractivity contribution < 1.29 is 9.84 Å². The molecule has 0 aliphatic rings. The lowest BCUT2D eigenvalue weighted by Crippen LogP contribution is -2.02. The number of rotatable bonds is 4. The predicted octanol–water partition coefficient (Wildman–Crippen LogP) is 3.93. The fourth-order valence-electron chi connectivity index (χ4n) is 2.20. The van der Waals surface area contributed by atoms with E-state index in [0.29, 0.717) is 6.61 Å². The summed E-state index contributed by atoms with van der Waals surface area (Å²) >= 11 is 1.55. The number of thiazole rings is 1. The Morgan fingerprint density at radius 2 is 2.10 bits per heavy atom. The summed E-state index contributed by atoms with van der Waals surface area (Å²) in [6.07, 6.45) is -0.565. The molecular weight excluding hydrogens is 270 g/mol. The molecule has 0 bridgehead atoms. The monoisotopic (exact) mass is 285 g/mol. The van der Waals surface area contributed by atoms with Crippen LogP contribution < -0.4 is 4.74 Å². The van der Waals surface area contributed by atoms with Crippen LogP contribution in [0.3, 0.4) is 0 Å². The Bertz CT molecular complexity index is 708. The van der Waals surface area contributed by atoms with E-state index < -0.39 is 6.10 Å². The van der Waals surface area contributed by atoms with Crippen molar-refractivity contribution in [2.75, 3.05) is 0 Å². The largest absolute Gasteiger partial charge is 0.486 e. The first-order valence-corrected chi connectivity index (χ1v) is 7.39. The van der Waals surface area contributed by atoms with Gasteiger partial charge < -0.3 is 9.84 Å². The first kappa shape index (κ1) is 13.1. The molecule has 1 aromatic heterocycles. The Kier molecular flexibility index (Phi) is 3.67. The summed E-state index contributed by atoms with van der Waals surface area (Å²) in [5.74, 6) is 0.742. The van der Waals surface area contributed by atoms with Gasteiger partial charge in [-0.1, -0.05) is 36.4 Å². The van der Waals surface area contributed by atoms with Gasteiger partial charge in [0.1, 0.15) is 12.4 Å². The Labute approximate surface area is 121 Å². The molecule has 0 aliphatic heterocycles. The third-order valence-electron chi connectivity index (χ3n) is 3.21. The van der Waals surface area contributed by atoms with Gasteiger partial charge in [0.15, 0.2) is 0 Å². The molecule has 2 aromatic carbocycles. The number of aliphatic hydroxyl groups excluding tert-OH is 1. The molecule has 1 N–H and O–H groups in total. The summed E-state index contributed by atoms with van der Waals surface area (Å²) in [7, 11) is 0. The van der Waals surface area contributed by atoms with Gasteiger partial charge in [0.25, 0.3) is 0 Å². The molecule has 3 rings (SSSR count). The zero-order valence-electron chi connectivity index (χ0n) is 11.1. The summed E-state index contributed by atoms with van der Waals surface area (Å²) in [6.45, 7) is 2.16. The molecule has 0 aliphatic carbocycles. The van der Waals surface area contributed by atoms with Gasteiger partial charge in [-0.2, -0.15) is 0 Å². The Morgan fingerprint density at radius 1 is 1.25 bits per heavy atom. The fourth-order valence-corrected chi connectivity index (χ4v) is 2.75. The zero-order valence-corrected chi connectivity index (χ0v) is 11.9. The second-order valence-corrected chi connectivity index (χ2v) is 5.37. The molecule has 20 heavy (non-hydrogen) atoms. The summed E-state index contributed by atoms with van der Waals surface area (Å²) in [5, 5.41) is 14.0. The minimum Gasteiger partial charge on any atom is -0.486 e. The number of benzene rings is 2. The third kappa shape index (κ3) is 2.53. The highest BCUT2D eigenvalue weighted by atomic mass is 32.1. The van der Waals surface area contributed by atoms with Crippen molar-refractivity contribution >= 4 is 22.1 Å². The van der Waals surface area contributed by atoms with Crippen LogP contribution in [-0.4, -0.2) is 10.1 Å². The summed E-state index contributed by atoms with van der Waals surface area (Å²) in [6, 6.07) is 11.9. The molecule has 0 radical (unpaired) electrons. The van der Waals surface area contributed by atoms with E-state index in [9.17, 15) is 5.11 Å². The van der Waals surface area contributed by atoms with Crippen molar-refractivity contribution in [3.8, 4) is 5.75 Å². The molecular formula is C16H15NO2S. The van der Waals surface area contributed by atoms with Crippen LogP contribution in [0.5, 0.6) is 5.75 Å². The lowest BCUT2D eigenvalue weighted by atomic mass is 10.0. The van der Waals surface area contributed by atoms with Crippen LogP contribution >= 0.6 is 11.3 Å². The van der Waals surface area contributed by atoms with Gasteiger partial charge in [-0.15, -0.1) is 11.3 Å². The molecule has 0 spiro atoms. The molecule has 0 fully saturated rings. The van der Waals surface area contributed by atoms with Gasteiger partial charge in [0.05, 0.1) is 17.3 Å². The smallest absolute Gasteiger partial charge is 0.133 e. The third-order valence-corrected chi connectivity index (χ3v) is 3.84. The first-order valence-electron chi connectivity index (χ1n) is 6.45. The number of nitrogens with zero attached hydrogens (tertiary/aromatic N) is 1. The quantitative estimate of drug-likeness (QED) is 0.789. The molecule has 1 atom stereocenters. The van der Waals surface area contributed by atoms with Crippen LogP contribution in [0.2, 0.25) is 0 Å². The highest BCUT2D eigenvalue weighted by Gasteiger charge is 2.13. The highest BCUT2D eigenvalue weighted by Crippen LogP contribution is 2.34. The first-order chi connectivity index (χ1) is 9.75. The van der Waals surface area contributed by atoms with E-state index in [1.807, 2.05) is 41.8 Å². The van der Waals surface area contributed by atoms with E-state index in [0.717, 1.165) is 27.8 Å². The summed E-state index contributed by atoms with van der Waals surface area (Å²) in [4.78, 5) is 4.22. The van der Waals surface area contributed by atoms with E-state index in [1.165, 1.54) is 0 Å². The van der Waals surface area contributed by atoms with Crippen molar-refractivity contribution in [2.45, 2.75) is 19.6 Å². The minimum atomic E-state index is -0.565. The van der Waals surface area contributed by atoms with E-state index in [1.54, 1.807) is 23.8 Å². The van der Waals surface area contributed by atoms with Gasteiger partial charge in [-0.25, -0.2) is 4.98 Å². The molecule has 102 valence electrons. The number of aromatic nitrogens is 1. The average molecular weight is 285 g/mol. The second-order valence-electron chi connectivity index (χ2n) is 4.65. The number of ether oxygens (including phenoxy) is 1. The maximum atomic E-state index is 9.93. The molecule has 3 aromatic rings. The number of aliphatic hydroxyl groups is 1. The molecule has 0 saturated carbocycles. The standard InChI is InChI=1S/C16H15NO2S/c1-11(18)14-7-6-12-4-2-3-5-15(12)16(14)19-8-13-9-20-10-17-13/h2-7,9-11,18H,8H2,1H3/t11-/m1/s1. The maximum absolute atomic E-state index is 9.93. The SMILES string of the molecule is C[C@@H](O)c1ccc2ccccc2c1OCc1cscn1. The highest BCUT2D eigenvalue weighted by molar-refractivity contribution is 7.07. The van der Waals surface area contributed by atoms with Crippen LogP contribution in [0.15, 0.2) is 47.3 Å². The molecule has 1 heterocycles. The molecule has 0 unspecified atom stereocenters. The Morgan fingerprint density at radius 3 is 2.85 bits per heavy atom. The zero-order chi connectivity index (χ0) is 13.9. The van der Waals surface area contributed by atoms with E-state index >= 15 is 0 Å². The normalized spacial score (nSPS) is 12.5. The van der Waals surface area contributed by atoms with Crippen molar-refractivity contribution in [3.63, 3.8) is 0 Å². The molecule has 0 amide bonds. The van der Waals surface area contributed by atoms with E-state index in [-0.39, 0.29) is 0 Å². The van der Waals surface area contributed by atoms with Crippen LogP contribution in [0, 0.1) is 0 Å². The number of hydrogen-bond donors (Lipinski definition) is 1. The second kappa shape index (κ2) is 5.61. The van der Waals surface area contributed by atoms with Crippen LogP contribution in [0.1, 0.15) is 24.3 Å². The average Bonchev–Trinajstić information content (AvgIpc) is 2.97. The Balaban J connectivity index is 2.03. The molecule has 4 heteroatoms.